The number of hydrogen-bond donors (Lipinski definition) is 0. The highest BCUT2D eigenvalue weighted by molar-refractivity contribution is 9.10. The third kappa shape index (κ3) is 2.01. The minimum absolute atomic E-state index is 0.515. The van der Waals surface area contributed by atoms with E-state index in [9.17, 15) is 0 Å². The molecule has 1 heterocycles. The van der Waals surface area contributed by atoms with Gasteiger partial charge in [0.05, 0.1) is 6.20 Å². The van der Waals surface area contributed by atoms with Crippen LogP contribution in [0.25, 0.3) is 11.3 Å². The van der Waals surface area contributed by atoms with Crippen LogP contribution in [-0.2, 0) is 0 Å². The summed E-state index contributed by atoms with van der Waals surface area (Å²) in [6.45, 7) is 0. The van der Waals surface area contributed by atoms with Crippen LogP contribution in [0.2, 0.25) is 0 Å². The fraction of sp³-hybridized carbons (Fsp3) is 0.100. The first-order valence-electron chi connectivity index (χ1n) is 4.05. The highest BCUT2D eigenvalue weighted by atomic mass is 79.9. The van der Waals surface area contributed by atoms with Crippen LogP contribution in [0.15, 0.2) is 44.6 Å². The average molecular weight is 270 g/mol. The van der Waals surface area contributed by atoms with Crippen molar-refractivity contribution in [3.63, 3.8) is 0 Å². The van der Waals surface area contributed by atoms with Crippen LogP contribution < -0.4 is 0 Å². The van der Waals surface area contributed by atoms with Gasteiger partial charge in [-0.25, -0.2) is 4.98 Å². The van der Waals surface area contributed by atoms with E-state index in [4.69, 9.17) is 4.42 Å². The molecule has 0 spiro atoms. The summed E-state index contributed by atoms with van der Waals surface area (Å²) in [5.41, 5.74) is 1.04. The van der Waals surface area contributed by atoms with Crippen molar-refractivity contribution >= 4 is 27.7 Å². The maximum absolute atomic E-state index is 5.34. The number of nitrogens with zero attached hydrogens (tertiary/aromatic N) is 1. The zero-order valence-corrected chi connectivity index (χ0v) is 9.93. The molecule has 0 N–H and O–H groups in total. The topological polar surface area (TPSA) is 26.0 Å². The van der Waals surface area contributed by atoms with Gasteiger partial charge in [0.25, 0.3) is 4.80 Å². The lowest BCUT2D eigenvalue weighted by Crippen LogP contribution is -1.73. The molecule has 72 valence electrons. The monoisotopic (exact) mass is 269 g/mol. The summed E-state index contributed by atoms with van der Waals surface area (Å²) in [7, 11) is 0. The highest BCUT2D eigenvalue weighted by Gasteiger charge is 2.03. The first-order chi connectivity index (χ1) is 6.79. The Morgan fingerprint density at radius 3 is 2.50 bits per heavy atom. The third-order valence-corrected chi connectivity index (χ3v) is 2.96. The summed E-state index contributed by atoms with van der Waals surface area (Å²) in [6, 6.07) is 8.18. The van der Waals surface area contributed by atoms with Gasteiger partial charge < -0.3 is 4.42 Å². The van der Waals surface area contributed by atoms with Crippen LogP contribution in [-0.4, -0.2) is 11.2 Å². The number of benzene rings is 1. The van der Waals surface area contributed by atoms with Gasteiger partial charge in [0.1, 0.15) is 0 Å². The SMILES string of the molecule is CSc1ccc(-c2cnc(Br)o2)cc1. The molecule has 0 unspecified atom stereocenters. The van der Waals surface area contributed by atoms with E-state index in [1.165, 1.54) is 4.90 Å². The van der Waals surface area contributed by atoms with Crippen molar-refractivity contribution in [2.75, 3.05) is 6.26 Å². The van der Waals surface area contributed by atoms with E-state index >= 15 is 0 Å². The largest absolute Gasteiger partial charge is 0.431 e. The Kier molecular flexibility index (Phi) is 2.93. The van der Waals surface area contributed by atoms with Crippen molar-refractivity contribution in [2.45, 2.75) is 4.90 Å². The van der Waals surface area contributed by atoms with Gasteiger partial charge in [0.15, 0.2) is 5.76 Å². The molecular weight excluding hydrogens is 262 g/mol. The maximum atomic E-state index is 5.34. The third-order valence-electron chi connectivity index (χ3n) is 1.85. The molecule has 1 aromatic heterocycles. The van der Waals surface area contributed by atoms with Crippen LogP contribution in [0.3, 0.4) is 0 Å². The van der Waals surface area contributed by atoms with Gasteiger partial charge in [0.2, 0.25) is 0 Å². The summed E-state index contributed by atoms with van der Waals surface area (Å²) in [5, 5.41) is 0. The van der Waals surface area contributed by atoms with Crippen molar-refractivity contribution in [3.05, 3.63) is 35.3 Å². The van der Waals surface area contributed by atoms with E-state index in [-0.39, 0.29) is 0 Å². The fourth-order valence-corrected chi connectivity index (χ4v) is 1.83. The highest BCUT2D eigenvalue weighted by Crippen LogP contribution is 2.24. The molecule has 14 heavy (non-hydrogen) atoms. The lowest BCUT2D eigenvalue weighted by Gasteiger charge is -1.97. The molecule has 0 atom stereocenters. The van der Waals surface area contributed by atoms with E-state index in [0.717, 1.165) is 11.3 Å². The number of halogens is 1. The van der Waals surface area contributed by atoms with Crippen LogP contribution in [0.4, 0.5) is 0 Å². The summed E-state index contributed by atoms with van der Waals surface area (Å²) in [4.78, 5) is 5.74. The molecule has 0 aliphatic rings. The normalized spacial score (nSPS) is 10.4. The van der Waals surface area contributed by atoms with Crippen LogP contribution in [0.5, 0.6) is 0 Å². The van der Waals surface area contributed by atoms with Gasteiger partial charge in [-0.2, -0.15) is 0 Å². The second-order valence-electron chi connectivity index (χ2n) is 2.71. The molecular formula is C10H8BrNOS. The number of oxazole rings is 1. The fourth-order valence-electron chi connectivity index (χ4n) is 1.14. The number of thioether (sulfide) groups is 1. The Morgan fingerprint density at radius 1 is 1.29 bits per heavy atom. The first kappa shape index (κ1) is 9.80. The second kappa shape index (κ2) is 4.19. The van der Waals surface area contributed by atoms with Crippen LogP contribution >= 0.6 is 27.7 Å². The molecule has 0 aliphatic carbocycles. The quantitative estimate of drug-likeness (QED) is 0.776. The van der Waals surface area contributed by atoms with Gasteiger partial charge in [0, 0.05) is 26.4 Å². The van der Waals surface area contributed by atoms with Crippen molar-refractivity contribution in [1.29, 1.82) is 0 Å². The molecule has 1 aromatic carbocycles. The van der Waals surface area contributed by atoms with Crippen LogP contribution in [0, 0.1) is 0 Å². The minimum Gasteiger partial charge on any atom is -0.431 e. The Bertz CT molecular complexity index is 424. The van der Waals surface area contributed by atoms with E-state index in [0.29, 0.717) is 4.80 Å². The van der Waals surface area contributed by atoms with E-state index in [1.54, 1.807) is 18.0 Å². The number of aromatic nitrogens is 1. The molecule has 0 amide bonds. The lowest BCUT2D eigenvalue weighted by molar-refractivity contribution is 0.542. The van der Waals surface area contributed by atoms with Gasteiger partial charge in [-0.3, -0.25) is 0 Å². The average Bonchev–Trinajstić information content (AvgIpc) is 2.65. The zero-order chi connectivity index (χ0) is 9.97. The van der Waals surface area contributed by atoms with Crippen molar-refractivity contribution in [1.82, 2.24) is 4.98 Å². The molecule has 4 heteroatoms. The first-order valence-corrected chi connectivity index (χ1v) is 6.07. The molecule has 2 nitrogen and oxygen atoms in total. The summed E-state index contributed by atoms with van der Waals surface area (Å²) >= 11 is 4.90. The molecule has 0 fully saturated rings. The van der Waals surface area contributed by atoms with Gasteiger partial charge in [-0.1, -0.05) is 12.1 Å². The number of rotatable bonds is 2. The zero-order valence-electron chi connectivity index (χ0n) is 7.53. The summed E-state index contributed by atoms with van der Waals surface area (Å²) < 4.78 is 5.34. The summed E-state index contributed by atoms with van der Waals surface area (Å²) in [6.07, 6.45) is 3.76. The molecule has 0 bridgehead atoms. The minimum atomic E-state index is 0.515. The van der Waals surface area contributed by atoms with E-state index < -0.39 is 0 Å². The smallest absolute Gasteiger partial charge is 0.264 e. The maximum Gasteiger partial charge on any atom is 0.264 e. The Labute approximate surface area is 94.9 Å². The second-order valence-corrected chi connectivity index (χ2v) is 4.26. The standard InChI is InChI=1S/C10H8BrNOS/c1-14-8-4-2-7(3-5-8)9-6-12-10(11)13-9/h2-6H,1H3. The van der Waals surface area contributed by atoms with Gasteiger partial charge in [-0.05, 0) is 18.4 Å². The van der Waals surface area contributed by atoms with Crippen molar-refractivity contribution in [3.8, 4) is 11.3 Å². The molecule has 0 radical (unpaired) electrons. The Hall–Kier alpha value is -0.740. The van der Waals surface area contributed by atoms with E-state index in [1.807, 2.05) is 12.1 Å². The molecule has 0 aliphatic heterocycles. The molecule has 0 saturated heterocycles. The van der Waals surface area contributed by atoms with E-state index in [2.05, 4.69) is 39.3 Å². The summed E-state index contributed by atoms with van der Waals surface area (Å²) in [5.74, 6) is 0.782. The van der Waals surface area contributed by atoms with Crippen molar-refractivity contribution in [2.24, 2.45) is 0 Å². The number of hydrogen-bond acceptors (Lipinski definition) is 3. The van der Waals surface area contributed by atoms with Crippen LogP contribution in [0.1, 0.15) is 0 Å². The Balaban J connectivity index is 2.33. The predicted molar refractivity (Wildman–Crippen MR) is 61.4 cm³/mol. The van der Waals surface area contributed by atoms with Crippen molar-refractivity contribution < 1.29 is 4.42 Å². The Morgan fingerprint density at radius 2 is 2.00 bits per heavy atom. The molecule has 0 saturated carbocycles. The lowest BCUT2D eigenvalue weighted by atomic mass is 10.2. The predicted octanol–water partition coefficient (Wildman–Crippen LogP) is 3.83. The van der Waals surface area contributed by atoms with Gasteiger partial charge >= 0.3 is 0 Å². The molecule has 2 rings (SSSR count). The van der Waals surface area contributed by atoms with Gasteiger partial charge in [-0.15, -0.1) is 11.8 Å². The molecule has 2 aromatic rings.